The van der Waals surface area contributed by atoms with Crippen LogP contribution < -0.4 is 15.4 Å². The Kier molecular flexibility index (Phi) is 7.46. The molecule has 0 spiro atoms. The first kappa shape index (κ1) is 23.7. The predicted molar refractivity (Wildman–Crippen MR) is 124 cm³/mol. The van der Waals surface area contributed by atoms with Gasteiger partial charge in [-0.05, 0) is 30.3 Å². The number of benzene rings is 2. The van der Waals surface area contributed by atoms with Crippen molar-refractivity contribution in [1.29, 1.82) is 0 Å². The van der Waals surface area contributed by atoms with Gasteiger partial charge in [0, 0.05) is 11.6 Å². The van der Waals surface area contributed by atoms with Gasteiger partial charge >= 0.3 is 0 Å². The summed E-state index contributed by atoms with van der Waals surface area (Å²) in [4.78, 5) is 24.7. The first-order chi connectivity index (χ1) is 15.2. The fourth-order valence-corrected chi connectivity index (χ4v) is 4.90. The molecule has 2 aromatic carbocycles. The number of halogens is 2. The number of aromatic nitrogens is 2. The summed E-state index contributed by atoms with van der Waals surface area (Å²) < 4.78 is 27.4. The van der Waals surface area contributed by atoms with Crippen molar-refractivity contribution >= 4 is 67.2 Å². The molecule has 0 atom stereocenters. The Morgan fingerprint density at radius 3 is 2.53 bits per heavy atom. The van der Waals surface area contributed by atoms with Crippen LogP contribution in [0.1, 0.15) is 20.7 Å². The Labute approximate surface area is 197 Å². The van der Waals surface area contributed by atoms with Crippen molar-refractivity contribution in [3.8, 4) is 0 Å². The van der Waals surface area contributed by atoms with E-state index < -0.39 is 26.2 Å². The van der Waals surface area contributed by atoms with Crippen molar-refractivity contribution in [2.24, 2.45) is 0 Å². The highest BCUT2D eigenvalue weighted by Crippen LogP contribution is 2.26. The van der Waals surface area contributed by atoms with Gasteiger partial charge < -0.3 is 5.32 Å². The van der Waals surface area contributed by atoms with Crippen LogP contribution in [-0.2, 0) is 10.0 Å². The molecule has 0 aliphatic heterocycles. The molecule has 0 fully saturated rings. The van der Waals surface area contributed by atoms with Crippen molar-refractivity contribution in [2.75, 3.05) is 16.6 Å². The third kappa shape index (κ3) is 5.62. The van der Waals surface area contributed by atoms with Gasteiger partial charge in [0.2, 0.25) is 5.13 Å². The Hall–Kier alpha value is -2.99. The van der Waals surface area contributed by atoms with Crippen LogP contribution in [0.4, 0.5) is 10.8 Å². The minimum absolute atomic E-state index is 0.0570. The fraction of sp³-hybridized carbons (Fsp3) is 0.0526. The number of carbonyl (C=O) groups excluding carboxylic acids is 2. The Bertz CT molecular complexity index is 1290. The van der Waals surface area contributed by atoms with Crippen LogP contribution in [0.5, 0.6) is 0 Å². The molecule has 3 aromatic rings. The highest BCUT2D eigenvalue weighted by Gasteiger charge is 2.24. The highest BCUT2D eigenvalue weighted by molar-refractivity contribution is 7.94. The van der Waals surface area contributed by atoms with E-state index in [1.165, 1.54) is 36.4 Å². The van der Waals surface area contributed by atoms with Gasteiger partial charge in [-0.2, -0.15) is 8.42 Å². The van der Waals surface area contributed by atoms with Crippen LogP contribution in [0.25, 0.3) is 0 Å². The molecule has 32 heavy (non-hydrogen) atoms. The standard InChI is InChI=1S/C19H15Cl2N5O4S2/c1-2-9-22-16(27)13-5-3-4-6-15(13)26-32(29,30)19-25-24-18(31-19)23-17(28)12-8-7-11(20)10-14(12)21/h2-8,10,26H,1,9H2,(H,22,27)(H,23,24,28). The monoisotopic (exact) mass is 511 g/mol. The molecule has 0 saturated heterocycles. The molecule has 2 amide bonds. The van der Waals surface area contributed by atoms with Gasteiger partial charge in [0.25, 0.3) is 26.2 Å². The second kappa shape index (κ2) is 10.1. The summed E-state index contributed by atoms with van der Waals surface area (Å²) in [5, 5.41) is 12.8. The molecular formula is C19H15Cl2N5O4S2. The van der Waals surface area contributed by atoms with Gasteiger partial charge in [-0.3, -0.25) is 19.6 Å². The minimum atomic E-state index is -4.18. The molecule has 0 unspecified atom stereocenters. The number of sulfonamides is 1. The third-order valence-electron chi connectivity index (χ3n) is 3.86. The van der Waals surface area contributed by atoms with E-state index in [0.717, 1.165) is 0 Å². The van der Waals surface area contributed by atoms with E-state index in [4.69, 9.17) is 23.2 Å². The van der Waals surface area contributed by atoms with Gasteiger partial charge in [0.15, 0.2) is 0 Å². The average Bonchev–Trinajstić information content (AvgIpc) is 3.21. The van der Waals surface area contributed by atoms with Gasteiger partial charge in [0.1, 0.15) is 0 Å². The third-order valence-corrected chi connectivity index (χ3v) is 6.97. The quantitative estimate of drug-likeness (QED) is 0.311. The molecule has 1 aromatic heterocycles. The van der Waals surface area contributed by atoms with Gasteiger partial charge in [-0.15, -0.1) is 16.8 Å². The Morgan fingerprint density at radius 2 is 1.81 bits per heavy atom. The summed E-state index contributed by atoms with van der Waals surface area (Å²) >= 11 is 12.5. The zero-order valence-electron chi connectivity index (χ0n) is 16.1. The first-order valence-corrected chi connectivity index (χ1v) is 11.9. The predicted octanol–water partition coefficient (Wildman–Crippen LogP) is 3.81. The number of hydrogen-bond acceptors (Lipinski definition) is 7. The van der Waals surface area contributed by atoms with Crippen molar-refractivity contribution < 1.29 is 18.0 Å². The van der Waals surface area contributed by atoms with Gasteiger partial charge in [0.05, 0.1) is 21.8 Å². The van der Waals surface area contributed by atoms with Crippen LogP contribution in [-0.4, -0.2) is 37.0 Å². The highest BCUT2D eigenvalue weighted by atomic mass is 35.5. The molecule has 13 heteroatoms. The molecular weight excluding hydrogens is 497 g/mol. The van der Waals surface area contributed by atoms with E-state index in [2.05, 4.69) is 32.1 Å². The summed E-state index contributed by atoms with van der Waals surface area (Å²) in [7, 11) is -4.18. The zero-order valence-corrected chi connectivity index (χ0v) is 19.3. The smallest absolute Gasteiger partial charge is 0.291 e. The van der Waals surface area contributed by atoms with Crippen LogP contribution in [0.15, 0.2) is 59.5 Å². The number of hydrogen-bond donors (Lipinski definition) is 3. The molecule has 3 rings (SSSR count). The van der Waals surface area contributed by atoms with Crippen LogP contribution in [0.2, 0.25) is 10.0 Å². The molecule has 3 N–H and O–H groups in total. The molecule has 0 aliphatic rings. The maximum atomic E-state index is 12.8. The molecule has 166 valence electrons. The zero-order chi connectivity index (χ0) is 23.3. The number of amides is 2. The molecule has 0 radical (unpaired) electrons. The molecule has 0 saturated carbocycles. The average molecular weight is 512 g/mol. The van der Waals surface area contributed by atoms with Crippen molar-refractivity contribution in [3.05, 3.63) is 76.3 Å². The SMILES string of the molecule is C=CCNC(=O)c1ccccc1NS(=O)(=O)c1nnc(NC(=O)c2ccc(Cl)cc2Cl)s1. The summed E-state index contributed by atoms with van der Waals surface area (Å²) in [6.07, 6.45) is 1.50. The topological polar surface area (TPSA) is 130 Å². The van der Waals surface area contributed by atoms with Gasteiger partial charge in [-0.25, -0.2) is 0 Å². The first-order valence-electron chi connectivity index (χ1n) is 8.82. The maximum absolute atomic E-state index is 12.8. The summed E-state index contributed by atoms with van der Waals surface area (Å²) in [5.74, 6) is -1.09. The number of rotatable bonds is 8. The van der Waals surface area contributed by atoms with Crippen molar-refractivity contribution in [2.45, 2.75) is 4.34 Å². The van der Waals surface area contributed by atoms with Gasteiger partial charge in [-0.1, -0.05) is 52.7 Å². The van der Waals surface area contributed by atoms with Crippen LogP contribution >= 0.6 is 34.5 Å². The van der Waals surface area contributed by atoms with E-state index in [9.17, 15) is 18.0 Å². The number of carbonyl (C=O) groups is 2. The summed E-state index contributed by atoms with van der Waals surface area (Å²) in [6, 6.07) is 10.4. The van der Waals surface area contributed by atoms with E-state index >= 15 is 0 Å². The number of anilines is 2. The fourth-order valence-electron chi connectivity index (χ4n) is 2.43. The van der Waals surface area contributed by atoms with Crippen molar-refractivity contribution in [3.63, 3.8) is 0 Å². The number of nitrogens with zero attached hydrogens (tertiary/aromatic N) is 2. The maximum Gasteiger partial charge on any atom is 0.291 e. The van der Waals surface area contributed by atoms with Crippen LogP contribution in [0, 0.1) is 0 Å². The lowest BCUT2D eigenvalue weighted by Crippen LogP contribution is -2.25. The minimum Gasteiger partial charge on any atom is -0.349 e. The molecule has 9 nitrogen and oxygen atoms in total. The summed E-state index contributed by atoms with van der Waals surface area (Å²) in [6.45, 7) is 3.73. The van der Waals surface area contributed by atoms with E-state index in [1.54, 1.807) is 12.1 Å². The number of nitrogens with one attached hydrogen (secondary N) is 3. The second-order valence-electron chi connectivity index (χ2n) is 6.10. The number of para-hydroxylation sites is 1. The normalized spacial score (nSPS) is 10.9. The van der Waals surface area contributed by atoms with E-state index in [-0.39, 0.29) is 33.5 Å². The molecule has 0 aliphatic carbocycles. The Balaban J connectivity index is 1.78. The lowest BCUT2D eigenvalue weighted by molar-refractivity contribution is 0.0958. The van der Waals surface area contributed by atoms with E-state index in [1.807, 2.05) is 0 Å². The van der Waals surface area contributed by atoms with E-state index in [0.29, 0.717) is 16.4 Å². The second-order valence-corrected chi connectivity index (χ2v) is 9.78. The molecule has 1 heterocycles. The lowest BCUT2D eigenvalue weighted by Gasteiger charge is -2.10. The van der Waals surface area contributed by atoms with Crippen molar-refractivity contribution in [1.82, 2.24) is 15.5 Å². The Morgan fingerprint density at radius 1 is 1.06 bits per heavy atom. The largest absolute Gasteiger partial charge is 0.349 e. The van der Waals surface area contributed by atoms with Crippen LogP contribution in [0.3, 0.4) is 0 Å². The molecule has 0 bridgehead atoms. The summed E-state index contributed by atoms with van der Waals surface area (Å²) in [5.41, 5.74) is 0.310. The lowest BCUT2D eigenvalue weighted by atomic mass is 10.1.